The first-order valence-corrected chi connectivity index (χ1v) is 11.2. The van der Waals surface area contributed by atoms with Gasteiger partial charge in [-0.2, -0.15) is 4.98 Å². The Hall–Kier alpha value is -2.17. The van der Waals surface area contributed by atoms with E-state index in [1.54, 1.807) is 0 Å². The van der Waals surface area contributed by atoms with Crippen molar-refractivity contribution in [2.24, 2.45) is 17.8 Å². The predicted octanol–water partition coefficient (Wildman–Crippen LogP) is 6.13. The van der Waals surface area contributed by atoms with Crippen molar-refractivity contribution >= 4 is 11.6 Å². The lowest BCUT2D eigenvalue weighted by atomic mass is 9.80. The van der Waals surface area contributed by atoms with E-state index in [0.29, 0.717) is 35.5 Å². The maximum absolute atomic E-state index is 6.12. The van der Waals surface area contributed by atoms with Crippen molar-refractivity contribution in [1.82, 2.24) is 15.0 Å². The van der Waals surface area contributed by atoms with Crippen molar-refractivity contribution in [3.8, 4) is 11.4 Å². The Morgan fingerprint density at radius 3 is 2.43 bits per heavy atom. The van der Waals surface area contributed by atoms with E-state index in [1.807, 2.05) is 12.1 Å². The molecule has 0 saturated heterocycles. The number of hydrogen-bond donors (Lipinski definition) is 0. The van der Waals surface area contributed by atoms with Gasteiger partial charge < -0.3 is 9.42 Å². The summed E-state index contributed by atoms with van der Waals surface area (Å²) in [6.45, 7) is 2.09. The summed E-state index contributed by atoms with van der Waals surface area (Å²) in [6, 6.07) is 17.1. The molecular weight excluding hydrogens is 394 g/mol. The van der Waals surface area contributed by atoms with E-state index in [4.69, 9.17) is 21.1 Å². The second-order valence-electron chi connectivity index (χ2n) is 9.21. The SMILES string of the molecule is Cc1ccc(-c2noc(C3C4CCC(C(c5ccc(Cl)cc5)N(C)C)CC43)n2)cc1. The van der Waals surface area contributed by atoms with Gasteiger partial charge in [-0.3, -0.25) is 0 Å². The highest BCUT2D eigenvalue weighted by atomic mass is 35.5. The third-order valence-electron chi connectivity index (χ3n) is 7.03. The average Bonchev–Trinajstić information content (AvgIpc) is 3.24. The molecule has 0 bridgehead atoms. The van der Waals surface area contributed by atoms with Gasteiger partial charge in [0.05, 0.1) is 0 Å². The third-order valence-corrected chi connectivity index (χ3v) is 7.28. The normalized spacial score (nSPS) is 26.4. The van der Waals surface area contributed by atoms with Gasteiger partial charge in [-0.05, 0) is 75.7 Å². The van der Waals surface area contributed by atoms with Gasteiger partial charge in [0.25, 0.3) is 0 Å². The molecule has 2 aliphatic carbocycles. The van der Waals surface area contributed by atoms with E-state index in [-0.39, 0.29) is 0 Å². The lowest BCUT2D eigenvalue weighted by molar-refractivity contribution is 0.166. The van der Waals surface area contributed by atoms with E-state index in [0.717, 1.165) is 16.5 Å². The Bertz CT molecular complexity index is 1010. The standard InChI is InChI=1S/C25H28ClN3O/c1-15-4-6-17(7-5-15)24-27-25(30-28-24)22-20-13-10-18(14-21(20)22)23(29(2)3)16-8-11-19(26)12-9-16/h4-9,11-12,18,20-23H,10,13-14H2,1-3H3. The molecular formula is C25H28ClN3O. The Kier molecular flexibility index (Phi) is 5.16. The molecule has 2 aliphatic rings. The number of benzene rings is 2. The van der Waals surface area contributed by atoms with Crippen molar-refractivity contribution in [1.29, 1.82) is 0 Å². The van der Waals surface area contributed by atoms with Gasteiger partial charge in [-0.15, -0.1) is 0 Å². The highest BCUT2D eigenvalue weighted by Crippen LogP contribution is 2.63. The minimum absolute atomic E-state index is 0.412. The zero-order valence-electron chi connectivity index (χ0n) is 17.8. The summed E-state index contributed by atoms with van der Waals surface area (Å²) < 4.78 is 5.72. The molecule has 0 N–H and O–H groups in total. The monoisotopic (exact) mass is 421 g/mol. The minimum atomic E-state index is 0.412. The summed E-state index contributed by atoms with van der Waals surface area (Å²) in [5.74, 6) is 3.94. The van der Waals surface area contributed by atoms with Gasteiger partial charge in [-0.1, -0.05) is 58.7 Å². The second-order valence-corrected chi connectivity index (χ2v) is 9.65. The van der Waals surface area contributed by atoms with Crippen LogP contribution in [0, 0.1) is 24.7 Å². The highest BCUT2D eigenvalue weighted by Gasteiger charge is 2.57. The summed E-state index contributed by atoms with van der Waals surface area (Å²) in [6.07, 6.45) is 3.69. The molecule has 3 aromatic rings. The molecule has 5 rings (SSSR count). The van der Waals surface area contributed by atoms with Gasteiger partial charge in [0.1, 0.15) is 0 Å². The smallest absolute Gasteiger partial charge is 0.230 e. The fourth-order valence-electron chi connectivity index (χ4n) is 5.53. The number of rotatable bonds is 5. The Morgan fingerprint density at radius 1 is 1.00 bits per heavy atom. The van der Waals surface area contributed by atoms with Crippen molar-refractivity contribution < 1.29 is 4.52 Å². The van der Waals surface area contributed by atoms with Crippen LogP contribution in [0.5, 0.6) is 0 Å². The summed E-state index contributed by atoms with van der Waals surface area (Å²) >= 11 is 6.12. The summed E-state index contributed by atoms with van der Waals surface area (Å²) in [7, 11) is 4.36. The van der Waals surface area contributed by atoms with Gasteiger partial charge in [0.2, 0.25) is 11.7 Å². The second kappa shape index (κ2) is 7.82. The molecule has 156 valence electrons. The lowest BCUT2D eigenvalue weighted by Crippen LogP contribution is -2.29. The molecule has 30 heavy (non-hydrogen) atoms. The van der Waals surface area contributed by atoms with Crippen LogP contribution in [0.2, 0.25) is 5.02 Å². The molecule has 0 spiro atoms. The highest BCUT2D eigenvalue weighted by molar-refractivity contribution is 6.30. The third kappa shape index (κ3) is 3.67. The van der Waals surface area contributed by atoms with E-state index < -0.39 is 0 Å². The van der Waals surface area contributed by atoms with Crippen LogP contribution in [0.25, 0.3) is 11.4 Å². The molecule has 0 radical (unpaired) electrons. The van der Waals surface area contributed by atoms with E-state index in [9.17, 15) is 0 Å². The maximum Gasteiger partial charge on any atom is 0.230 e. The van der Waals surface area contributed by atoms with Gasteiger partial charge in [-0.25, -0.2) is 0 Å². The molecule has 0 amide bonds. The lowest BCUT2D eigenvalue weighted by Gasteiger charge is -2.35. The van der Waals surface area contributed by atoms with Gasteiger partial charge in [0, 0.05) is 22.5 Å². The fourth-order valence-corrected chi connectivity index (χ4v) is 5.66. The van der Waals surface area contributed by atoms with Crippen LogP contribution >= 0.6 is 11.6 Å². The number of hydrogen-bond acceptors (Lipinski definition) is 4. The average molecular weight is 422 g/mol. The summed E-state index contributed by atoms with van der Waals surface area (Å²) in [5.41, 5.74) is 3.61. The topological polar surface area (TPSA) is 42.2 Å². The Balaban J connectivity index is 1.31. The van der Waals surface area contributed by atoms with Crippen LogP contribution in [0.4, 0.5) is 0 Å². The largest absolute Gasteiger partial charge is 0.339 e. The van der Waals surface area contributed by atoms with Crippen molar-refractivity contribution in [2.45, 2.75) is 38.1 Å². The summed E-state index contributed by atoms with van der Waals surface area (Å²) in [5, 5.41) is 5.06. The fraction of sp³-hybridized carbons (Fsp3) is 0.440. The van der Waals surface area contributed by atoms with Gasteiger partial charge >= 0.3 is 0 Å². The molecule has 2 fully saturated rings. The number of nitrogens with zero attached hydrogens (tertiary/aromatic N) is 3. The maximum atomic E-state index is 6.12. The van der Waals surface area contributed by atoms with Crippen molar-refractivity contribution in [3.63, 3.8) is 0 Å². The molecule has 5 unspecified atom stereocenters. The Morgan fingerprint density at radius 2 is 1.73 bits per heavy atom. The minimum Gasteiger partial charge on any atom is -0.339 e. The van der Waals surface area contributed by atoms with E-state index in [2.05, 4.69) is 67.5 Å². The number of fused-ring (bicyclic) bond motifs is 1. The molecule has 1 heterocycles. The quantitative estimate of drug-likeness (QED) is 0.496. The number of aryl methyl sites for hydroxylation is 1. The first-order chi connectivity index (χ1) is 14.5. The van der Waals surface area contributed by atoms with Crippen LogP contribution in [-0.2, 0) is 0 Å². The summed E-state index contributed by atoms with van der Waals surface area (Å²) in [4.78, 5) is 7.12. The molecule has 5 atom stereocenters. The number of aromatic nitrogens is 2. The molecule has 1 aromatic heterocycles. The van der Waals surface area contributed by atoms with Crippen LogP contribution in [0.3, 0.4) is 0 Å². The van der Waals surface area contributed by atoms with Crippen molar-refractivity contribution in [3.05, 3.63) is 70.6 Å². The molecule has 0 aliphatic heterocycles. The van der Waals surface area contributed by atoms with Gasteiger partial charge in [0.15, 0.2) is 0 Å². The molecule has 4 nitrogen and oxygen atoms in total. The first-order valence-electron chi connectivity index (χ1n) is 10.8. The van der Waals surface area contributed by atoms with Crippen LogP contribution in [-0.4, -0.2) is 29.1 Å². The van der Waals surface area contributed by atoms with Crippen LogP contribution in [0.1, 0.15) is 48.2 Å². The molecule has 2 aromatic carbocycles. The molecule has 5 heteroatoms. The van der Waals surface area contributed by atoms with Crippen LogP contribution in [0.15, 0.2) is 53.1 Å². The van der Waals surface area contributed by atoms with E-state index >= 15 is 0 Å². The predicted molar refractivity (Wildman–Crippen MR) is 119 cm³/mol. The Labute approximate surface area is 183 Å². The van der Waals surface area contributed by atoms with Crippen molar-refractivity contribution in [2.75, 3.05) is 14.1 Å². The first kappa shape index (κ1) is 19.8. The van der Waals surface area contributed by atoms with Crippen LogP contribution < -0.4 is 0 Å². The number of halogens is 1. The zero-order valence-corrected chi connectivity index (χ0v) is 18.5. The molecule has 2 saturated carbocycles. The van der Waals surface area contributed by atoms with E-state index in [1.165, 1.54) is 30.4 Å². The zero-order chi connectivity index (χ0) is 20.8.